The standard InChI is InChI=1S/C21H28F2N4O3/c1-12(2)26-17(9-18(24)29-11-21(3,22)23)20(28)27-14-6-4-13(5-7-14)19-16-8-15(30-19)10-25-16/h4-7,9,12,15-16,19,25H,8,10-11,24H2,1-3H3,(H,27,28)/t15-,16-,19+/m1/s1. The number of halogens is 2. The summed E-state index contributed by atoms with van der Waals surface area (Å²) in [6, 6.07) is 7.53. The van der Waals surface area contributed by atoms with Crippen LogP contribution in [0, 0.1) is 0 Å². The van der Waals surface area contributed by atoms with E-state index in [9.17, 15) is 13.6 Å². The number of aliphatic imine (C=N–C) groups is 1. The average Bonchev–Trinajstić information content (AvgIpc) is 3.29. The van der Waals surface area contributed by atoms with Gasteiger partial charge in [-0.3, -0.25) is 9.79 Å². The summed E-state index contributed by atoms with van der Waals surface area (Å²) < 4.78 is 36.7. The molecule has 0 spiro atoms. The Morgan fingerprint density at radius 3 is 2.67 bits per heavy atom. The van der Waals surface area contributed by atoms with Crippen LogP contribution in [0.3, 0.4) is 0 Å². The van der Waals surface area contributed by atoms with Crippen molar-refractivity contribution in [2.75, 3.05) is 18.5 Å². The Balaban J connectivity index is 1.65. The highest BCUT2D eigenvalue weighted by atomic mass is 19.3. The van der Waals surface area contributed by atoms with Crippen LogP contribution >= 0.6 is 0 Å². The van der Waals surface area contributed by atoms with Crippen molar-refractivity contribution in [3.05, 3.63) is 41.8 Å². The van der Waals surface area contributed by atoms with Crippen molar-refractivity contribution < 1.29 is 23.0 Å². The molecule has 164 valence electrons. The molecule has 2 aliphatic rings. The lowest BCUT2D eigenvalue weighted by Crippen LogP contribution is -2.34. The number of benzene rings is 1. The smallest absolute Gasteiger partial charge is 0.278 e. The van der Waals surface area contributed by atoms with Crippen LogP contribution in [0.1, 0.15) is 38.9 Å². The third-order valence-electron chi connectivity index (χ3n) is 4.73. The first kappa shape index (κ1) is 22.2. The molecule has 0 unspecified atom stereocenters. The molecule has 1 aromatic rings. The number of rotatable bonds is 8. The monoisotopic (exact) mass is 422 g/mol. The Morgan fingerprint density at radius 2 is 2.13 bits per heavy atom. The molecule has 0 saturated carbocycles. The van der Waals surface area contributed by atoms with E-state index in [-0.39, 0.29) is 29.8 Å². The summed E-state index contributed by atoms with van der Waals surface area (Å²) in [6.07, 6.45) is 2.45. The SMILES string of the molecule is CC(C)N=C(C=C(N)OCC(C)(F)F)C(=O)Nc1ccc([C@@H]2O[C@H]3CN[C@@H]2C3)cc1. The molecule has 2 aliphatic heterocycles. The van der Waals surface area contributed by atoms with E-state index in [0.717, 1.165) is 31.5 Å². The number of carbonyl (C=O) groups is 1. The van der Waals surface area contributed by atoms with Crippen LogP contribution in [0.4, 0.5) is 14.5 Å². The first-order chi connectivity index (χ1) is 14.1. The van der Waals surface area contributed by atoms with Crippen LogP contribution < -0.4 is 16.4 Å². The van der Waals surface area contributed by atoms with Gasteiger partial charge in [-0.05, 0) is 38.0 Å². The Kier molecular flexibility index (Phi) is 6.72. The third-order valence-corrected chi connectivity index (χ3v) is 4.73. The summed E-state index contributed by atoms with van der Waals surface area (Å²) in [4.78, 5) is 16.9. The fourth-order valence-corrected chi connectivity index (χ4v) is 3.46. The minimum atomic E-state index is -3.03. The highest BCUT2D eigenvalue weighted by molar-refractivity contribution is 6.47. The van der Waals surface area contributed by atoms with Gasteiger partial charge in [0.25, 0.3) is 11.8 Å². The number of fused-ring (bicyclic) bond motifs is 2. The Morgan fingerprint density at radius 1 is 1.43 bits per heavy atom. The van der Waals surface area contributed by atoms with E-state index in [4.69, 9.17) is 15.2 Å². The number of anilines is 1. The van der Waals surface area contributed by atoms with Crippen LogP contribution in [0.25, 0.3) is 0 Å². The second kappa shape index (κ2) is 9.09. The molecule has 2 heterocycles. The number of nitrogens with two attached hydrogens (primary N) is 1. The number of nitrogens with zero attached hydrogens (tertiary/aromatic N) is 1. The lowest BCUT2D eigenvalue weighted by molar-refractivity contribution is -0.110. The fourth-order valence-electron chi connectivity index (χ4n) is 3.46. The van der Waals surface area contributed by atoms with E-state index in [1.54, 1.807) is 26.0 Å². The molecule has 7 nitrogen and oxygen atoms in total. The van der Waals surface area contributed by atoms with E-state index in [1.165, 1.54) is 0 Å². The zero-order chi connectivity index (χ0) is 21.9. The molecule has 30 heavy (non-hydrogen) atoms. The molecule has 2 saturated heterocycles. The van der Waals surface area contributed by atoms with E-state index >= 15 is 0 Å². The average molecular weight is 422 g/mol. The maximum atomic E-state index is 12.9. The van der Waals surface area contributed by atoms with Gasteiger partial charge in [0.1, 0.15) is 5.71 Å². The molecule has 3 atom stereocenters. The molecule has 1 amide bonds. The minimum absolute atomic E-state index is 0.00775. The van der Waals surface area contributed by atoms with Crippen molar-refractivity contribution in [2.45, 2.75) is 57.4 Å². The quantitative estimate of drug-likeness (QED) is 0.442. The summed E-state index contributed by atoms with van der Waals surface area (Å²) in [5, 5.41) is 6.18. The second-order valence-electron chi connectivity index (χ2n) is 8.02. The largest absolute Gasteiger partial charge is 0.473 e. The molecule has 9 heteroatoms. The third kappa shape index (κ3) is 5.99. The number of nitrogens with one attached hydrogen (secondary N) is 2. The molecule has 0 aliphatic carbocycles. The van der Waals surface area contributed by atoms with Gasteiger partial charge in [-0.25, -0.2) is 8.78 Å². The zero-order valence-electron chi connectivity index (χ0n) is 17.3. The predicted octanol–water partition coefficient (Wildman–Crippen LogP) is 2.75. The fraction of sp³-hybridized carbons (Fsp3) is 0.524. The van der Waals surface area contributed by atoms with E-state index in [2.05, 4.69) is 15.6 Å². The Labute approximate surface area is 174 Å². The first-order valence-corrected chi connectivity index (χ1v) is 9.96. The molecule has 0 aromatic heterocycles. The van der Waals surface area contributed by atoms with Gasteiger partial charge in [-0.15, -0.1) is 0 Å². The number of hydrogen-bond acceptors (Lipinski definition) is 6. The minimum Gasteiger partial charge on any atom is -0.473 e. The van der Waals surface area contributed by atoms with Gasteiger partial charge in [-0.1, -0.05) is 12.1 Å². The second-order valence-corrected chi connectivity index (χ2v) is 8.02. The van der Waals surface area contributed by atoms with Gasteiger partial charge in [0, 0.05) is 37.3 Å². The van der Waals surface area contributed by atoms with Gasteiger partial charge < -0.3 is 25.8 Å². The number of hydrogen-bond donors (Lipinski definition) is 3. The maximum Gasteiger partial charge on any atom is 0.278 e. The van der Waals surface area contributed by atoms with Gasteiger partial charge >= 0.3 is 0 Å². The molecule has 1 aromatic carbocycles. The van der Waals surface area contributed by atoms with Gasteiger partial charge in [-0.2, -0.15) is 0 Å². The van der Waals surface area contributed by atoms with Crippen LogP contribution in [0.15, 0.2) is 41.2 Å². The topological polar surface area (TPSA) is 98.0 Å². The van der Waals surface area contributed by atoms with Crippen molar-refractivity contribution in [3.8, 4) is 0 Å². The molecular weight excluding hydrogens is 394 g/mol. The lowest BCUT2D eigenvalue weighted by atomic mass is 10.0. The number of morpholine rings is 1. The Hall–Kier alpha value is -2.52. The number of carbonyl (C=O) groups excluding carboxylic acids is 1. The van der Waals surface area contributed by atoms with E-state index < -0.39 is 18.4 Å². The van der Waals surface area contributed by atoms with Crippen molar-refractivity contribution in [1.29, 1.82) is 0 Å². The highest BCUT2D eigenvalue weighted by Gasteiger charge is 2.41. The maximum absolute atomic E-state index is 12.9. The van der Waals surface area contributed by atoms with Crippen LogP contribution in [0.5, 0.6) is 0 Å². The molecular formula is C21H28F2N4O3. The normalized spacial score (nSPS) is 24.4. The summed E-state index contributed by atoms with van der Waals surface area (Å²) in [7, 11) is 0. The molecule has 2 bridgehead atoms. The highest BCUT2D eigenvalue weighted by Crippen LogP contribution is 2.37. The van der Waals surface area contributed by atoms with Crippen molar-refractivity contribution in [2.24, 2.45) is 10.7 Å². The molecule has 4 N–H and O–H groups in total. The van der Waals surface area contributed by atoms with Gasteiger partial charge in [0.2, 0.25) is 0 Å². The van der Waals surface area contributed by atoms with Gasteiger partial charge in [0.05, 0.1) is 12.2 Å². The molecule has 3 rings (SSSR count). The van der Waals surface area contributed by atoms with Crippen LogP contribution in [0.2, 0.25) is 0 Å². The summed E-state index contributed by atoms with van der Waals surface area (Å²) in [5.74, 6) is -3.85. The number of amides is 1. The Bertz CT molecular complexity index is 819. The molecule has 2 fully saturated rings. The zero-order valence-corrected chi connectivity index (χ0v) is 17.3. The van der Waals surface area contributed by atoms with Crippen LogP contribution in [-0.2, 0) is 14.3 Å². The van der Waals surface area contributed by atoms with Crippen molar-refractivity contribution in [3.63, 3.8) is 0 Å². The number of alkyl halides is 2. The van der Waals surface area contributed by atoms with Crippen LogP contribution in [-0.4, -0.2) is 48.9 Å². The first-order valence-electron chi connectivity index (χ1n) is 9.96. The van der Waals surface area contributed by atoms with Gasteiger partial charge in [0.15, 0.2) is 12.5 Å². The van der Waals surface area contributed by atoms with Crippen molar-refractivity contribution >= 4 is 17.3 Å². The number of ether oxygens (including phenoxy) is 2. The summed E-state index contributed by atoms with van der Waals surface area (Å²) in [5.41, 5.74) is 7.24. The lowest BCUT2D eigenvalue weighted by Gasteiger charge is -2.23. The van der Waals surface area contributed by atoms with E-state index in [0.29, 0.717) is 11.7 Å². The predicted molar refractivity (Wildman–Crippen MR) is 111 cm³/mol. The van der Waals surface area contributed by atoms with E-state index in [1.807, 2.05) is 12.1 Å². The van der Waals surface area contributed by atoms with Crippen molar-refractivity contribution in [1.82, 2.24) is 5.32 Å². The molecule has 0 radical (unpaired) electrons. The summed E-state index contributed by atoms with van der Waals surface area (Å²) in [6.45, 7) is 4.31. The summed E-state index contributed by atoms with van der Waals surface area (Å²) >= 11 is 0.